The number of allylic oxidation sites excluding steroid dienone is 2. The maximum Gasteiger partial charge on any atom is 0.100 e. The van der Waals surface area contributed by atoms with Gasteiger partial charge < -0.3 is 4.90 Å². The average molecular weight is 844 g/mol. The van der Waals surface area contributed by atoms with Gasteiger partial charge in [-0.15, -0.1) is 0 Å². The second-order valence-electron chi connectivity index (χ2n) is 18.4. The summed E-state index contributed by atoms with van der Waals surface area (Å²) in [6.07, 6.45) is 7.72. The van der Waals surface area contributed by atoms with Crippen LogP contribution in [0.5, 0.6) is 0 Å². The maximum absolute atomic E-state index is 2.65. The third kappa shape index (κ3) is 6.38. The Morgan fingerprint density at radius 2 is 0.985 bits per heavy atom. The minimum Gasteiger partial charge on any atom is -0.327 e. The van der Waals surface area contributed by atoms with Gasteiger partial charge in [-0.05, 0) is 131 Å². The van der Waals surface area contributed by atoms with Crippen molar-refractivity contribution in [2.24, 2.45) is 0 Å². The molecule has 0 aliphatic heterocycles. The zero-order chi connectivity index (χ0) is 44.2. The van der Waals surface area contributed by atoms with Crippen LogP contribution in [0.2, 0.25) is 0 Å². The average Bonchev–Trinajstić information content (AvgIpc) is 3.63. The molecule has 1 atom stereocenters. The van der Waals surface area contributed by atoms with Crippen LogP contribution in [0.25, 0.3) is 71.6 Å². The Balaban J connectivity index is 1.09. The molecule has 0 spiro atoms. The van der Waals surface area contributed by atoms with Gasteiger partial charge in [-0.1, -0.05) is 232 Å². The molecule has 1 nitrogen and oxygen atoms in total. The Kier molecular flexibility index (Phi) is 9.54. The SMILES string of the molecule is CC1(C)c2ccccc2-c2cccc(-c3cccc(N(c4ccc(-c5ccc6c(ccc7ccccc76)c5)cc4)C4(c5ccccc5-c5ccccc5)CC=CC=C4c4ccccc4)c3)c21. The lowest BCUT2D eigenvalue weighted by molar-refractivity contribution is 0.568. The Morgan fingerprint density at radius 1 is 0.379 bits per heavy atom. The molecule has 0 saturated carbocycles. The van der Waals surface area contributed by atoms with Crippen molar-refractivity contribution in [3.05, 3.63) is 271 Å². The number of hydrogen-bond acceptors (Lipinski definition) is 1. The van der Waals surface area contributed by atoms with Gasteiger partial charge in [0, 0.05) is 16.8 Å². The molecule has 66 heavy (non-hydrogen) atoms. The van der Waals surface area contributed by atoms with Gasteiger partial charge in [-0.3, -0.25) is 0 Å². The molecule has 314 valence electrons. The summed E-state index contributed by atoms with van der Waals surface area (Å²) >= 11 is 0. The van der Waals surface area contributed by atoms with Crippen molar-refractivity contribution in [3.8, 4) is 44.5 Å². The first-order valence-electron chi connectivity index (χ1n) is 23.2. The lowest BCUT2D eigenvalue weighted by Crippen LogP contribution is -2.45. The molecule has 12 rings (SSSR count). The molecule has 0 N–H and O–H groups in total. The highest BCUT2D eigenvalue weighted by Crippen LogP contribution is 2.56. The number of rotatable bonds is 8. The highest BCUT2D eigenvalue weighted by atomic mass is 15.2. The van der Waals surface area contributed by atoms with E-state index in [1.807, 2.05) is 0 Å². The summed E-state index contributed by atoms with van der Waals surface area (Å²) in [5.74, 6) is 0. The van der Waals surface area contributed by atoms with Crippen molar-refractivity contribution in [2.75, 3.05) is 4.90 Å². The van der Waals surface area contributed by atoms with Crippen molar-refractivity contribution < 1.29 is 0 Å². The largest absolute Gasteiger partial charge is 0.327 e. The number of benzene rings is 10. The first-order valence-corrected chi connectivity index (χ1v) is 23.2. The van der Waals surface area contributed by atoms with Crippen LogP contribution in [0.3, 0.4) is 0 Å². The maximum atomic E-state index is 2.65. The second kappa shape index (κ2) is 15.9. The molecule has 0 fully saturated rings. The van der Waals surface area contributed by atoms with E-state index >= 15 is 0 Å². The zero-order valence-corrected chi connectivity index (χ0v) is 37.3. The molecule has 0 amide bonds. The van der Waals surface area contributed by atoms with Crippen LogP contribution in [0.4, 0.5) is 11.4 Å². The zero-order valence-electron chi connectivity index (χ0n) is 37.3. The predicted molar refractivity (Wildman–Crippen MR) is 280 cm³/mol. The molecule has 0 saturated heterocycles. The van der Waals surface area contributed by atoms with Crippen LogP contribution >= 0.6 is 0 Å². The lowest BCUT2D eigenvalue weighted by atomic mass is 9.70. The smallest absolute Gasteiger partial charge is 0.100 e. The summed E-state index contributed by atoms with van der Waals surface area (Å²) in [4.78, 5) is 2.65. The van der Waals surface area contributed by atoms with Gasteiger partial charge in [0.15, 0.2) is 0 Å². The minimum atomic E-state index is -0.666. The van der Waals surface area contributed by atoms with Gasteiger partial charge in [0.25, 0.3) is 0 Å². The van der Waals surface area contributed by atoms with Gasteiger partial charge in [0.05, 0.1) is 0 Å². The topological polar surface area (TPSA) is 3.24 Å². The highest BCUT2D eigenvalue weighted by molar-refractivity contribution is 6.08. The molecule has 2 aliphatic carbocycles. The van der Waals surface area contributed by atoms with E-state index in [-0.39, 0.29) is 5.41 Å². The summed E-state index contributed by atoms with van der Waals surface area (Å²) in [6.45, 7) is 4.77. The van der Waals surface area contributed by atoms with Crippen LogP contribution in [0.15, 0.2) is 249 Å². The van der Waals surface area contributed by atoms with E-state index in [1.165, 1.54) is 93.9 Å². The molecule has 10 aromatic carbocycles. The Morgan fingerprint density at radius 3 is 1.80 bits per heavy atom. The van der Waals surface area contributed by atoms with E-state index in [1.54, 1.807) is 0 Å². The molecule has 2 aliphatic rings. The van der Waals surface area contributed by atoms with Crippen LogP contribution in [0.1, 0.15) is 42.5 Å². The molecule has 0 aromatic heterocycles. The van der Waals surface area contributed by atoms with Crippen molar-refractivity contribution in [2.45, 2.75) is 31.2 Å². The van der Waals surface area contributed by atoms with E-state index in [4.69, 9.17) is 0 Å². The molecule has 0 heterocycles. The van der Waals surface area contributed by atoms with Crippen LogP contribution < -0.4 is 4.90 Å². The van der Waals surface area contributed by atoms with Crippen molar-refractivity contribution in [3.63, 3.8) is 0 Å². The fourth-order valence-corrected chi connectivity index (χ4v) is 11.4. The Labute approximate surface area is 388 Å². The normalized spacial score (nSPS) is 15.9. The quantitative estimate of drug-likeness (QED) is 0.138. The molecular weight excluding hydrogens is 795 g/mol. The number of nitrogens with zero attached hydrogens (tertiary/aromatic N) is 1. The molecule has 0 radical (unpaired) electrons. The van der Waals surface area contributed by atoms with Gasteiger partial charge in [-0.25, -0.2) is 0 Å². The minimum absolute atomic E-state index is 0.156. The van der Waals surface area contributed by atoms with E-state index in [2.05, 4.69) is 267 Å². The van der Waals surface area contributed by atoms with E-state index in [9.17, 15) is 0 Å². The highest BCUT2D eigenvalue weighted by Gasteiger charge is 2.46. The van der Waals surface area contributed by atoms with Crippen molar-refractivity contribution in [1.29, 1.82) is 0 Å². The van der Waals surface area contributed by atoms with E-state index < -0.39 is 5.54 Å². The molecular formula is C65H49N. The van der Waals surface area contributed by atoms with E-state index in [0.29, 0.717) is 0 Å². The van der Waals surface area contributed by atoms with Crippen molar-refractivity contribution >= 4 is 38.5 Å². The van der Waals surface area contributed by atoms with Crippen LogP contribution in [-0.4, -0.2) is 0 Å². The van der Waals surface area contributed by atoms with Crippen LogP contribution in [0, 0.1) is 0 Å². The number of anilines is 2. The van der Waals surface area contributed by atoms with Gasteiger partial charge >= 0.3 is 0 Å². The van der Waals surface area contributed by atoms with Crippen molar-refractivity contribution in [1.82, 2.24) is 0 Å². The first-order chi connectivity index (χ1) is 32.5. The fourth-order valence-electron chi connectivity index (χ4n) is 11.4. The molecule has 1 heteroatoms. The molecule has 1 unspecified atom stereocenters. The second-order valence-corrected chi connectivity index (χ2v) is 18.4. The third-order valence-corrected chi connectivity index (χ3v) is 14.4. The summed E-state index contributed by atoms with van der Waals surface area (Å²) in [5.41, 5.74) is 17.8. The fraction of sp³-hybridized carbons (Fsp3) is 0.0769. The summed E-state index contributed by atoms with van der Waals surface area (Å²) in [7, 11) is 0. The third-order valence-electron chi connectivity index (χ3n) is 14.4. The summed E-state index contributed by atoms with van der Waals surface area (Å²) in [6, 6.07) is 85.6. The van der Waals surface area contributed by atoms with Gasteiger partial charge in [0.2, 0.25) is 0 Å². The number of hydrogen-bond donors (Lipinski definition) is 0. The summed E-state index contributed by atoms with van der Waals surface area (Å²) in [5, 5.41) is 5.07. The number of fused-ring (bicyclic) bond motifs is 6. The predicted octanol–water partition coefficient (Wildman–Crippen LogP) is 17.4. The lowest BCUT2D eigenvalue weighted by Gasteiger charge is -2.49. The van der Waals surface area contributed by atoms with Gasteiger partial charge in [-0.2, -0.15) is 0 Å². The van der Waals surface area contributed by atoms with E-state index in [0.717, 1.165) is 17.8 Å². The van der Waals surface area contributed by atoms with Gasteiger partial charge in [0.1, 0.15) is 5.54 Å². The molecule has 10 aromatic rings. The Bertz CT molecular complexity index is 3520. The monoisotopic (exact) mass is 843 g/mol. The first kappa shape index (κ1) is 39.6. The standard InChI is InChI=1S/C65H49N/c1-64(2)61-32-13-12-28-58(61)59-30-18-29-57(63(59)64)50-24-17-25-53(44-50)66(52-39-36-45(37-40-52)49-38-41-55-51(43-49)35-34-47-21-9-10-26-54(47)55)65(42-16-15-31-60(65)48-22-7-4-8-23-48)62-33-14-11-27-56(62)46-19-5-3-6-20-46/h3-41,43-44H,42H2,1-2H3. The molecule has 0 bridgehead atoms. The summed E-state index contributed by atoms with van der Waals surface area (Å²) < 4.78 is 0. The van der Waals surface area contributed by atoms with Crippen LogP contribution in [-0.2, 0) is 11.0 Å². The Hall–Kier alpha value is -8.00.